The fourth-order valence-corrected chi connectivity index (χ4v) is 6.44. The van der Waals surface area contributed by atoms with Crippen molar-refractivity contribution >= 4 is 51.8 Å². The lowest BCUT2D eigenvalue weighted by molar-refractivity contribution is -0.138. The first-order valence-corrected chi connectivity index (χ1v) is 14.6. The molecule has 42 heavy (non-hydrogen) atoms. The SMILES string of the molecule is CCOC(=O)C1=C(c2ccccc2)N=c2s/c(=C3/C(=O)Nc4ccc(Cl)cc43)c(=O)n2[C@@H]1c1ccc(OC(C)C)cc1. The minimum atomic E-state index is -0.874. The molecule has 8 nitrogen and oxygen atoms in total. The van der Waals surface area contributed by atoms with E-state index in [4.69, 9.17) is 26.1 Å². The molecule has 3 heterocycles. The van der Waals surface area contributed by atoms with Gasteiger partial charge in [0.1, 0.15) is 10.3 Å². The van der Waals surface area contributed by atoms with Crippen LogP contribution in [0, 0.1) is 0 Å². The van der Waals surface area contributed by atoms with Gasteiger partial charge in [-0.15, -0.1) is 0 Å². The minimum Gasteiger partial charge on any atom is -0.491 e. The number of aromatic nitrogens is 1. The highest BCUT2D eigenvalue weighted by molar-refractivity contribution is 7.07. The second-order valence-corrected chi connectivity index (χ2v) is 11.4. The number of esters is 1. The Bertz CT molecular complexity index is 1940. The smallest absolute Gasteiger partial charge is 0.338 e. The maximum absolute atomic E-state index is 14.3. The largest absolute Gasteiger partial charge is 0.491 e. The molecule has 0 unspecified atom stereocenters. The Balaban J connectivity index is 1.67. The van der Waals surface area contributed by atoms with Crippen LogP contribution in [0.5, 0.6) is 5.75 Å². The lowest BCUT2D eigenvalue weighted by Crippen LogP contribution is -2.40. The summed E-state index contributed by atoms with van der Waals surface area (Å²) in [4.78, 5) is 46.3. The topological polar surface area (TPSA) is 99.0 Å². The third-order valence-corrected chi connectivity index (χ3v) is 8.16. The van der Waals surface area contributed by atoms with Crippen molar-refractivity contribution in [2.75, 3.05) is 11.9 Å². The fourth-order valence-electron chi connectivity index (χ4n) is 5.17. The van der Waals surface area contributed by atoms with Crippen LogP contribution in [0.2, 0.25) is 5.02 Å². The number of hydrogen-bond donors (Lipinski definition) is 1. The predicted molar refractivity (Wildman–Crippen MR) is 162 cm³/mol. The number of fused-ring (bicyclic) bond motifs is 2. The average molecular weight is 600 g/mol. The van der Waals surface area contributed by atoms with Crippen molar-refractivity contribution in [1.29, 1.82) is 0 Å². The van der Waals surface area contributed by atoms with Crippen molar-refractivity contribution < 1.29 is 19.1 Å². The third-order valence-electron chi connectivity index (χ3n) is 6.87. The summed E-state index contributed by atoms with van der Waals surface area (Å²) in [5.74, 6) is -0.331. The van der Waals surface area contributed by atoms with Gasteiger partial charge in [-0.3, -0.25) is 14.2 Å². The Morgan fingerprint density at radius 2 is 1.81 bits per heavy atom. The predicted octanol–water partition coefficient (Wildman–Crippen LogP) is 4.70. The molecule has 0 bridgehead atoms. The molecule has 0 radical (unpaired) electrons. The van der Waals surface area contributed by atoms with Crippen LogP contribution < -0.4 is 24.9 Å². The van der Waals surface area contributed by atoms with Gasteiger partial charge in [0.15, 0.2) is 4.80 Å². The van der Waals surface area contributed by atoms with Crippen LogP contribution >= 0.6 is 22.9 Å². The Morgan fingerprint density at radius 3 is 2.50 bits per heavy atom. The number of carbonyl (C=O) groups is 2. The van der Waals surface area contributed by atoms with Crippen LogP contribution in [0.15, 0.2) is 88.2 Å². The van der Waals surface area contributed by atoms with E-state index in [-0.39, 0.29) is 28.4 Å². The normalized spacial score (nSPS) is 17.0. The van der Waals surface area contributed by atoms with Crippen molar-refractivity contribution in [3.63, 3.8) is 0 Å². The summed E-state index contributed by atoms with van der Waals surface area (Å²) in [5.41, 5.74) is 2.87. The lowest BCUT2D eigenvalue weighted by Gasteiger charge is -2.26. The van der Waals surface area contributed by atoms with Crippen molar-refractivity contribution in [2.24, 2.45) is 4.99 Å². The van der Waals surface area contributed by atoms with Gasteiger partial charge in [0.2, 0.25) is 0 Å². The second kappa shape index (κ2) is 11.1. The van der Waals surface area contributed by atoms with Gasteiger partial charge in [0, 0.05) is 21.8 Å². The van der Waals surface area contributed by atoms with E-state index in [1.165, 1.54) is 4.57 Å². The number of hydrogen-bond acceptors (Lipinski definition) is 7. The molecule has 1 N–H and O–H groups in total. The number of anilines is 1. The van der Waals surface area contributed by atoms with Crippen molar-refractivity contribution in [2.45, 2.75) is 32.9 Å². The molecule has 212 valence electrons. The highest BCUT2D eigenvalue weighted by Crippen LogP contribution is 2.36. The Labute approximate surface area is 250 Å². The van der Waals surface area contributed by atoms with Crippen LogP contribution in [0.3, 0.4) is 0 Å². The maximum Gasteiger partial charge on any atom is 0.338 e. The zero-order valence-electron chi connectivity index (χ0n) is 23.0. The highest BCUT2D eigenvalue weighted by atomic mass is 35.5. The zero-order valence-corrected chi connectivity index (χ0v) is 24.6. The molecule has 0 saturated carbocycles. The van der Waals surface area contributed by atoms with Crippen LogP contribution in [0.4, 0.5) is 5.69 Å². The first kappa shape index (κ1) is 27.7. The van der Waals surface area contributed by atoms with E-state index in [2.05, 4.69) is 5.32 Å². The molecule has 1 aromatic heterocycles. The van der Waals surface area contributed by atoms with Crippen molar-refractivity contribution in [3.8, 4) is 5.75 Å². The molecule has 2 aliphatic rings. The Morgan fingerprint density at radius 1 is 1.07 bits per heavy atom. The van der Waals surface area contributed by atoms with Gasteiger partial charge in [0.05, 0.1) is 35.6 Å². The van der Waals surface area contributed by atoms with Crippen molar-refractivity contribution in [3.05, 3.63) is 120 Å². The number of ether oxygens (including phenoxy) is 2. The molecule has 0 aliphatic carbocycles. The number of nitrogens with one attached hydrogen (secondary N) is 1. The maximum atomic E-state index is 14.3. The summed E-state index contributed by atoms with van der Waals surface area (Å²) in [7, 11) is 0. The minimum absolute atomic E-state index is 0.0244. The molecule has 0 spiro atoms. The van der Waals surface area contributed by atoms with E-state index in [1.54, 1.807) is 37.3 Å². The summed E-state index contributed by atoms with van der Waals surface area (Å²) in [6.45, 7) is 5.74. The van der Waals surface area contributed by atoms with Gasteiger partial charge in [-0.1, -0.05) is 65.4 Å². The summed E-state index contributed by atoms with van der Waals surface area (Å²) >= 11 is 7.36. The molecule has 3 aromatic carbocycles. The number of benzene rings is 3. The van der Waals surface area contributed by atoms with Gasteiger partial charge in [-0.25, -0.2) is 9.79 Å². The number of rotatable bonds is 6. The molecular formula is C32H26ClN3O5S. The number of carbonyl (C=O) groups excluding carboxylic acids is 2. The summed E-state index contributed by atoms with van der Waals surface area (Å²) in [5, 5.41) is 3.26. The average Bonchev–Trinajstić information content (AvgIpc) is 3.47. The number of halogens is 1. The van der Waals surface area contributed by atoms with Gasteiger partial charge in [0.25, 0.3) is 11.5 Å². The van der Waals surface area contributed by atoms with Gasteiger partial charge < -0.3 is 14.8 Å². The van der Waals surface area contributed by atoms with E-state index >= 15 is 0 Å². The van der Waals surface area contributed by atoms with Crippen LogP contribution in [-0.2, 0) is 14.3 Å². The second-order valence-electron chi connectivity index (χ2n) is 10.0. The monoisotopic (exact) mass is 599 g/mol. The Kier molecular flexibility index (Phi) is 7.30. The number of amides is 1. The fraction of sp³-hybridized carbons (Fsp3) is 0.188. The van der Waals surface area contributed by atoms with E-state index in [1.807, 2.05) is 56.3 Å². The lowest BCUT2D eigenvalue weighted by atomic mass is 9.93. The van der Waals surface area contributed by atoms with E-state index in [0.717, 1.165) is 11.3 Å². The third kappa shape index (κ3) is 4.84. The first-order chi connectivity index (χ1) is 20.3. The number of nitrogens with zero attached hydrogens (tertiary/aromatic N) is 2. The molecule has 2 aliphatic heterocycles. The van der Waals surface area contributed by atoms with Crippen LogP contribution in [0.25, 0.3) is 11.3 Å². The molecule has 0 fully saturated rings. The van der Waals surface area contributed by atoms with Crippen molar-refractivity contribution in [1.82, 2.24) is 4.57 Å². The first-order valence-electron chi connectivity index (χ1n) is 13.5. The zero-order chi connectivity index (χ0) is 29.5. The van der Waals surface area contributed by atoms with Crippen LogP contribution in [0.1, 0.15) is 43.5 Å². The van der Waals surface area contributed by atoms with E-state index in [9.17, 15) is 14.4 Å². The molecule has 0 saturated heterocycles. The highest BCUT2D eigenvalue weighted by Gasteiger charge is 2.36. The van der Waals surface area contributed by atoms with Gasteiger partial charge >= 0.3 is 5.97 Å². The molecule has 1 atom stereocenters. The molecular weight excluding hydrogens is 574 g/mol. The van der Waals surface area contributed by atoms with Crippen LogP contribution in [-0.4, -0.2) is 29.2 Å². The van der Waals surface area contributed by atoms with Gasteiger partial charge in [-0.05, 0) is 56.7 Å². The summed E-state index contributed by atoms with van der Waals surface area (Å²) < 4.78 is 13.0. The standard InChI is InChI=1S/C32H26ClN3O5S/c1-4-40-31(39)25-26(18-8-6-5-7-9-18)35-32-36(27(25)19-10-13-21(14-11-19)41-17(2)3)30(38)28(42-32)24-22-16-20(33)12-15-23(22)34-29(24)37/h5-17,27H,4H2,1-3H3,(H,34,37)/b28-24+/t27-/m1/s1. The summed E-state index contributed by atoms with van der Waals surface area (Å²) in [6, 6.07) is 20.7. The Hall–Kier alpha value is -4.47. The molecule has 1 amide bonds. The number of thiazole rings is 1. The van der Waals surface area contributed by atoms with E-state index in [0.29, 0.717) is 43.6 Å². The summed E-state index contributed by atoms with van der Waals surface area (Å²) in [6.07, 6.45) is -0.0244. The molecule has 6 rings (SSSR count). The molecule has 10 heteroatoms. The molecule has 4 aromatic rings. The van der Waals surface area contributed by atoms with E-state index < -0.39 is 23.5 Å². The quantitative estimate of drug-likeness (QED) is 0.324. The van der Waals surface area contributed by atoms with Gasteiger partial charge in [-0.2, -0.15) is 0 Å².